The van der Waals surface area contributed by atoms with Gasteiger partial charge in [0.15, 0.2) is 5.96 Å². The Balaban J connectivity index is 1.84. The molecule has 0 radical (unpaired) electrons. The Hall–Kier alpha value is -2.02. The van der Waals surface area contributed by atoms with Crippen LogP contribution in [0.3, 0.4) is 0 Å². The molecule has 0 fully saturated rings. The summed E-state index contributed by atoms with van der Waals surface area (Å²) in [6, 6.07) is 6.80. The Kier molecular flexibility index (Phi) is 7.50. The molecule has 0 unspecified atom stereocenters. The number of aromatic nitrogens is 1. The van der Waals surface area contributed by atoms with E-state index in [0.29, 0.717) is 29.8 Å². The summed E-state index contributed by atoms with van der Waals surface area (Å²) in [7, 11) is 0. The number of benzene rings is 1. The van der Waals surface area contributed by atoms with Gasteiger partial charge < -0.3 is 15.1 Å². The fraction of sp³-hybridized carbons (Fsp3) is 0.474. The van der Waals surface area contributed by atoms with Gasteiger partial charge in [0.2, 0.25) is 5.89 Å². The van der Waals surface area contributed by atoms with Crippen LogP contribution in [0.5, 0.6) is 0 Å². The van der Waals surface area contributed by atoms with Crippen molar-refractivity contribution in [3.8, 4) is 0 Å². The van der Waals surface area contributed by atoms with E-state index >= 15 is 0 Å². The molecule has 7 heteroatoms. The Morgan fingerprint density at radius 2 is 2.04 bits per heavy atom. The lowest BCUT2D eigenvalue weighted by Gasteiger charge is -2.13. The lowest BCUT2D eigenvalue weighted by atomic mass is 9.94. The van der Waals surface area contributed by atoms with E-state index < -0.39 is 0 Å². The highest BCUT2D eigenvalue weighted by Crippen LogP contribution is 2.23. The molecule has 2 N–H and O–H groups in total. The molecule has 1 heterocycles. The average molecular weight is 379 g/mol. The Bertz CT molecular complexity index is 724. The number of guanidine groups is 1. The third kappa shape index (κ3) is 6.37. The molecule has 2 rings (SSSR count). The van der Waals surface area contributed by atoms with Crippen molar-refractivity contribution in [1.82, 2.24) is 15.6 Å². The minimum Gasteiger partial charge on any atom is -0.443 e. The van der Waals surface area contributed by atoms with Gasteiger partial charge in [0.25, 0.3) is 0 Å². The summed E-state index contributed by atoms with van der Waals surface area (Å²) in [6.07, 6.45) is 1.76. The summed E-state index contributed by atoms with van der Waals surface area (Å²) in [5.41, 5.74) is -0.0678. The van der Waals surface area contributed by atoms with Crippen LogP contribution in [0.4, 0.5) is 4.39 Å². The molecule has 0 spiro atoms. The normalized spacial score (nSPS) is 12.3. The van der Waals surface area contributed by atoms with E-state index in [-0.39, 0.29) is 11.2 Å². The van der Waals surface area contributed by atoms with Gasteiger partial charge in [-0.25, -0.2) is 14.4 Å². The van der Waals surface area contributed by atoms with Crippen LogP contribution in [0, 0.1) is 5.82 Å². The first-order chi connectivity index (χ1) is 12.4. The molecule has 1 aromatic carbocycles. The van der Waals surface area contributed by atoms with Crippen LogP contribution in [0.2, 0.25) is 0 Å². The van der Waals surface area contributed by atoms with Crippen molar-refractivity contribution >= 4 is 17.7 Å². The SMILES string of the molecule is CCNC(=NCc1ncc(C(C)(C)C)o1)NCCSc1ccccc1F. The van der Waals surface area contributed by atoms with Crippen LogP contribution < -0.4 is 10.6 Å². The third-order valence-electron chi connectivity index (χ3n) is 3.50. The monoisotopic (exact) mass is 378 g/mol. The quantitative estimate of drug-likeness (QED) is 0.330. The number of oxazole rings is 1. The van der Waals surface area contributed by atoms with Crippen LogP contribution >= 0.6 is 11.8 Å². The molecule has 26 heavy (non-hydrogen) atoms. The number of nitrogens with zero attached hydrogens (tertiary/aromatic N) is 2. The maximum atomic E-state index is 13.6. The van der Waals surface area contributed by atoms with E-state index in [1.165, 1.54) is 17.8 Å². The zero-order valence-corrected chi connectivity index (χ0v) is 16.6. The predicted molar refractivity (Wildman–Crippen MR) is 105 cm³/mol. The number of aliphatic imine (C=N–C) groups is 1. The van der Waals surface area contributed by atoms with Gasteiger partial charge >= 0.3 is 0 Å². The molecule has 2 aromatic rings. The molecular weight excluding hydrogens is 351 g/mol. The van der Waals surface area contributed by atoms with Crippen molar-refractivity contribution in [2.45, 2.75) is 44.6 Å². The van der Waals surface area contributed by atoms with Gasteiger partial charge in [0.05, 0.1) is 6.20 Å². The number of hydrogen-bond donors (Lipinski definition) is 2. The van der Waals surface area contributed by atoms with Crippen molar-refractivity contribution in [3.63, 3.8) is 0 Å². The molecule has 1 aromatic heterocycles. The fourth-order valence-electron chi connectivity index (χ4n) is 2.11. The smallest absolute Gasteiger partial charge is 0.216 e. The van der Waals surface area contributed by atoms with Crippen LogP contribution in [-0.4, -0.2) is 29.8 Å². The second-order valence-electron chi connectivity index (χ2n) is 6.77. The predicted octanol–water partition coefficient (Wildman–Crippen LogP) is 3.96. The fourth-order valence-corrected chi connectivity index (χ4v) is 2.92. The van der Waals surface area contributed by atoms with E-state index in [1.54, 1.807) is 18.3 Å². The number of halogens is 1. The highest BCUT2D eigenvalue weighted by Gasteiger charge is 2.19. The molecule has 0 bridgehead atoms. The van der Waals surface area contributed by atoms with Gasteiger partial charge in [-0.1, -0.05) is 32.9 Å². The first-order valence-corrected chi connectivity index (χ1v) is 9.73. The maximum absolute atomic E-state index is 13.6. The highest BCUT2D eigenvalue weighted by atomic mass is 32.2. The van der Waals surface area contributed by atoms with Crippen LogP contribution in [-0.2, 0) is 12.0 Å². The summed E-state index contributed by atoms with van der Waals surface area (Å²) < 4.78 is 19.3. The minimum atomic E-state index is -0.184. The standard InChI is InChI=1S/C19H27FN4OS/c1-5-21-18(22-10-11-26-15-9-7-6-8-14(15)20)24-13-17-23-12-16(25-17)19(2,3)4/h6-9,12H,5,10-11,13H2,1-4H3,(H2,21,22,24). The van der Waals surface area contributed by atoms with Crippen molar-refractivity contribution in [3.05, 3.63) is 47.9 Å². The van der Waals surface area contributed by atoms with E-state index in [9.17, 15) is 4.39 Å². The molecule has 0 aliphatic heterocycles. The van der Waals surface area contributed by atoms with Gasteiger partial charge in [-0.2, -0.15) is 0 Å². The average Bonchev–Trinajstić information content (AvgIpc) is 3.07. The molecule has 142 valence electrons. The second-order valence-corrected chi connectivity index (χ2v) is 7.91. The van der Waals surface area contributed by atoms with Crippen molar-refractivity contribution in [2.24, 2.45) is 4.99 Å². The first-order valence-electron chi connectivity index (χ1n) is 8.75. The lowest BCUT2D eigenvalue weighted by molar-refractivity contribution is 0.383. The van der Waals surface area contributed by atoms with Gasteiger partial charge in [0, 0.05) is 29.2 Å². The Morgan fingerprint density at radius 1 is 1.27 bits per heavy atom. The summed E-state index contributed by atoms with van der Waals surface area (Å²) >= 11 is 1.48. The molecule has 0 saturated carbocycles. The Morgan fingerprint density at radius 3 is 2.69 bits per heavy atom. The molecule has 0 saturated heterocycles. The largest absolute Gasteiger partial charge is 0.443 e. The van der Waals surface area contributed by atoms with E-state index in [2.05, 4.69) is 41.4 Å². The summed E-state index contributed by atoms with van der Waals surface area (Å²) in [6.45, 7) is 10.0. The van der Waals surface area contributed by atoms with Gasteiger partial charge in [0.1, 0.15) is 18.1 Å². The molecule has 0 aliphatic rings. The topological polar surface area (TPSA) is 62.5 Å². The van der Waals surface area contributed by atoms with E-state index in [1.807, 2.05) is 13.0 Å². The van der Waals surface area contributed by atoms with Gasteiger partial charge in [-0.15, -0.1) is 11.8 Å². The summed E-state index contributed by atoms with van der Waals surface area (Å²) in [5.74, 6) is 2.68. The number of hydrogen-bond acceptors (Lipinski definition) is 4. The lowest BCUT2D eigenvalue weighted by Crippen LogP contribution is -2.38. The van der Waals surface area contributed by atoms with Crippen LogP contribution in [0.25, 0.3) is 0 Å². The molecular formula is C19H27FN4OS. The van der Waals surface area contributed by atoms with E-state index in [4.69, 9.17) is 4.42 Å². The number of thioether (sulfide) groups is 1. The first kappa shape index (κ1) is 20.3. The minimum absolute atomic E-state index is 0.0678. The maximum Gasteiger partial charge on any atom is 0.216 e. The van der Waals surface area contributed by atoms with Gasteiger partial charge in [-0.3, -0.25) is 0 Å². The molecule has 0 amide bonds. The Labute approximate surface area is 158 Å². The molecule has 0 atom stereocenters. The summed E-state index contributed by atoms with van der Waals surface area (Å²) in [5, 5.41) is 6.43. The van der Waals surface area contributed by atoms with E-state index in [0.717, 1.165) is 18.1 Å². The third-order valence-corrected chi connectivity index (χ3v) is 4.55. The van der Waals surface area contributed by atoms with Crippen molar-refractivity contribution < 1.29 is 8.81 Å². The zero-order chi connectivity index (χ0) is 19.0. The van der Waals surface area contributed by atoms with Crippen molar-refractivity contribution in [2.75, 3.05) is 18.8 Å². The molecule has 5 nitrogen and oxygen atoms in total. The second kappa shape index (κ2) is 9.62. The molecule has 0 aliphatic carbocycles. The zero-order valence-electron chi connectivity index (χ0n) is 15.8. The van der Waals surface area contributed by atoms with Gasteiger partial charge in [-0.05, 0) is 19.1 Å². The number of rotatable bonds is 7. The van der Waals surface area contributed by atoms with Crippen molar-refractivity contribution in [1.29, 1.82) is 0 Å². The summed E-state index contributed by atoms with van der Waals surface area (Å²) in [4.78, 5) is 9.44. The van der Waals surface area contributed by atoms with Crippen LogP contribution in [0.1, 0.15) is 39.3 Å². The van der Waals surface area contributed by atoms with Crippen LogP contribution in [0.15, 0.2) is 44.8 Å². The highest BCUT2D eigenvalue weighted by molar-refractivity contribution is 7.99. The number of nitrogens with one attached hydrogen (secondary N) is 2.